The first-order valence-electron chi connectivity index (χ1n) is 5.14. The van der Waals surface area contributed by atoms with Crippen LogP contribution in [0.3, 0.4) is 0 Å². The molecule has 1 aromatic rings. The summed E-state index contributed by atoms with van der Waals surface area (Å²) in [5, 5.41) is 17.2. The summed E-state index contributed by atoms with van der Waals surface area (Å²) >= 11 is 0. The lowest BCUT2D eigenvalue weighted by Crippen LogP contribution is -2.33. The van der Waals surface area contributed by atoms with E-state index in [1.165, 1.54) is 24.1 Å². The summed E-state index contributed by atoms with van der Waals surface area (Å²) in [5.41, 5.74) is 7.65. The van der Waals surface area contributed by atoms with Crippen LogP contribution in [0, 0.1) is 0 Å². The fourth-order valence-electron chi connectivity index (χ4n) is 2.02. The van der Waals surface area contributed by atoms with Gasteiger partial charge < -0.3 is 10.8 Å². The Balaban J connectivity index is 2.39. The van der Waals surface area contributed by atoms with E-state index in [2.05, 4.69) is 10.2 Å². The average Bonchev–Trinajstić information content (AvgIpc) is 2.61. The Morgan fingerprint density at radius 1 is 1.50 bits per heavy atom. The van der Waals surface area contributed by atoms with Gasteiger partial charge >= 0.3 is 0 Å². The number of H-pyrrole nitrogens is 1. The Kier molecular flexibility index (Phi) is 2.33. The monoisotopic (exact) mass is 195 g/mol. The van der Waals surface area contributed by atoms with Gasteiger partial charge in [-0.1, -0.05) is 0 Å². The predicted molar refractivity (Wildman–Crippen MR) is 53.9 cm³/mol. The number of hydrogen-bond donors (Lipinski definition) is 3. The zero-order valence-corrected chi connectivity index (χ0v) is 8.51. The van der Waals surface area contributed by atoms with Gasteiger partial charge in [-0.3, -0.25) is 5.10 Å². The van der Waals surface area contributed by atoms with Crippen LogP contribution < -0.4 is 5.73 Å². The van der Waals surface area contributed by atoms with Gasteiger partial charge in [-0.25, -0.2) is 0 Å². The predicted octanol–water partition coefficient (Wildman–Crippen LogP) is 0.455. The van der Waals surface area contributed by atoms with Crippen molar-refractivity contribution in [3.8, 4) is 0 Å². The topological polar surface area (TPSA) is 74.9 Å². The second-order valence-corrected chi connectivity index (χ2v) is 4.21. The standard InChI is InChI=1S/C10H17N3O/c1-10(14,6-11)9-7-4-2-3-5-8(7)12-13-9/h14H,2-6,11H2,1H3,(H,12,13). The van der Waals surface area contributed by atoms with E-state index < -0.39 is 5.60 Å². The minimum Gasteiger partial charge on any atom is -0.382 e. The third-order valence-electron chi connectivity index (χ3n) is 2.96. The van der Waals surface area contributed by atoms with Crippen LogP contribution in [0.15, 0.2) is 0 Å². The first-order chi connectivity index (χ1) is 6.65. The molecule has 0 radical (unpaired) electrons. The van der Waals surface area contributed by atoms with E-state index in [9.17, 15) is 5.11 Å². The lowest BCUT2D eigenvalue weighted by molar-refractivity contribution is 0.0611. The molecule has 78 valence electrons. The van der Waals surface area contributed by atoms with E-state index in [4.69, 9.17) is 5.73 Å². The molecule has 0 saturated carbocycles. The third-order valence-corrected chi connectivity index (χ3v) is 2.96. The summed E-state index contributed by atoms with van der Waals surface area (Å²) in [6, 6.07) is 0. The number of aryl methyl sites for hydroxylation is 1. The Morgan fingerprint density at radius 2 is 2.21 bits per heavy atom. The van der Waals surface area contributed by atoms with Gasteiger partial charge in [0.05, 0.1) is 5.69 Å². The number of nitrogens with one attached hydrogen (secondary N) is 1. The fourth-order valence-corrected chi connectivity index (χ4v) is 2.02. The summed E-state index contributed by atoms with van der Waals surface area (Å²) < 4.78 is 0. The van der Waals surface area contributed by atoms with Gasteiger partial charge in [-0.15, -0.1) is 0 Å². The molecule has 0 spiro atoms. The molecule has 4 heteroatoms. The SMILES string of the molecule is CC(O)(CN)c1n[nH]c2c1CCCC2. The molecular formula is C10H17N3O. The normalized spacial score (nSPS) is 20.2. The minimum absolute atomic E-state index is 0.213. The van der Waals surface area contributed by atoms with Crippen molar-refractivity contribution in [2.45, 2.75) is 38.2 Å². The molecule has 0 aliphatic heterocycles. The molecular weight excluding hydrogens is 178 g/mol. The highest BCUT2D eigenvalue weighted by molar-refractivity contribution is 5.31. The highest BCUT2D eigenvalue weighted by Gasteiger charge is 2.29. The van der Waals surface area contributed by atoms with Crippen molar-refractivity contribution in [3.63, 3.8) is 0 Å². The summed E-state index contributed by atoms with van der Waals surface area (Å²) in [6.45, 7) is 1.93. The van der Waals surface area contributed by atoms with Gasteiger partial charge in [0.25, 0.3) is 0 Å². The minimum atomic E-state index is -0.985. The number of aromatic amines is 1. The van der Waals surface area contributed by atoms with Gasteiger partial charge in [0.2, 0.25) is 0 Å². The number of rotatable bonds is 2. The number of aromatic nitrogens is 2. The fraction of sp³-hybridized carbons (Fsp3) is 0.700. The maximum Gasteiger partial charge on any atom is 0.118 e. The second kappa shape index (κ2) is 3.37. The van der Waals surface area contributed by atoms with Crippen molar-refractivity contribution < 1.29 is 5.11 Å². The number of hydrogen-bond acceptors (Lipinski definition) is 3. The van der Waals surface area contributed by atoms with Crippen LogP contribution in [0.2, 0.25) is 0 Å². The van der Waals surface area contributed by atoms with Gasteiger partial charge in [0, 0.05) is 12.2 Å². The van der Waals surface area contributed by atoms with Crippen LogP contribution in [-0.4, -0.2) is 21.8 Å². The Hall–Kier alpha value is -0.870. The molecule has 0 saturated heterocycles. The summed E-state index contributed by atoms with van der Waals surface area (Å²) in [7, 11) is 0. The molecule has 1 aromatic heterocycles. The smallest absolute Gasteiger partial charge is 0.118 e. The van der Waals surface area contributed by atoms with E-state index in [1.54, 1.807) is 6.92 Å². The average molecular weight is 195 g/mol. The van der Waals surface area contributed by atoms with E-state index >= 15 is 0 Å². The highest BCUT2D eigenvalue weighted by atomic mass is 16.3. The van der Waals surface area contributed by atoms with E-state index in [1.807, 2.05) is 0 Å². The Bertz CT molecular complexity index is 330. The van der Waals surface area contributed by atoms with Crippen LogP contribution in [0.1, 0.15) is 36.7 Å². The van der Waals surface area contributed by atoms with Gasteiger partial charge in [0.1, 0.15) is 5.60 Å². The largest absolute Gasteiger partial charge is 0.382 e. The zero-order valence-electron chi connectivity index (χ0n) is 8.51. The third kappa shape index (κ3) is 1.44. The van der Waals surface area contributed by atoms with Crippen LogP contribution in [0.4, 0.5) is 0 Å². The van der Waals surface area contributed by atoms with Crippen molar-refractivity contribution in [1.82, 2.24) is 10.2 Å². The molecule has 4 N–H and O–H groups in total. The number of nitrogens with two attached hydrogens (primary N) is 1. The first kappa shape index (κ1) is 9.68. The van der Waals surface area contributed by atoms with Gasteiger partial charge in [-0.2, -0.15) is 5.10 Å². The summed E-state index contributed by atoms with van der Waals surface area (Å²) in [5.74, 6) is 0. The molecule has 1 heterocycles. The summed E-state index contributed by atoms with van der Waals surface area (Å²) in [4.78, 5) is 0. The quantitative estimate of drug-likeness (QED) is 0.641. The number of aliphatic hydroxyl groups is 1. The maximum atomic E-state index is 10.0. The maximum absolute atomic E-state index is 10.0. The number of fused-ring (bicyclic) bond motifs is 1. The molecule has 1 aliphatic carbocycles. The molecule has 4 nitrogen and oxygen atoms in total. The van der Waals surface area contributed by atoms with Crippen molar-refractivity contribution in [2.24, 2.45) is 5.73 Å². The van der Waals surface area contributed by atoms with Crippen LogP contribution >= 0.6 is 0 Å². The molecule has 1 aliphatic rings. The Labute approximate surface area is 83.5 Å². The highest BCUT2D eigenvalue weighted by Crippen LogP contribution is 2.28. The molecule has 0 fully saturated rings. The molecule has 1 unspecified atom stereocenters. The van der Waals surface area contributed by atoms with Crippen molar-refractivity contribution in [1.29, 1.82) is 0 Å². The Morgan fingerprint density at radius 3 is 2.93 bits per heavy atom. The first-order valence-corrected chi connectivity index (χ1v) is 5.14. The molecule has 0 bridgehead atoms. The number of nitrogens with zero attached hydrogens (tertiary/aromatic N) is 1. The van der Waals surface area contributed by atoms with E-state index in [0.717, 1.165) is 18.5 Å². The zero-order chi connectivity index (χ0) is 10.2. The second-order valence-electron chi connectivity index (χ2n) is 4.21. The molecule has 0 amide bonds. The molecule has 1 atom stereocenters. The lowest BCUT2D eigenvalue weighted by atomic mass is 9.90. The van der Waals surface area contributed by atoms with Crippen LogP contribution in [0.5, 0.6) is 0 Å². The van der Waals surface area contributed by atoms with Crippen molar-refractivity contribution in [2.75, 3.05) is 6.54 Å². The lowest BCUT2D eigenvalue weighted by Gasteiger charge is -2.21. The summed E-state index contributed by atoms with van der Waals surface area (Å²) in [6.07, 6.45) is 4.44. The van der Waals surface area contributed by atoms with Crippen LogP contribution in [-0.2, 0) is 18.4 Å². The van der Waals surface area contributed by atoms with Gasteiger partial charge in [0.15, 0.2) is 0 Å². The molecule has 0 aromatic carbocycles. The van der Waals surface area contributed by atoms with E-state index in [-0.39, 0.29) is 6.54 Å². The molecule has 14 heavy (non-hydrogen) atoms. The molecule has 2 rings (SSSR count). The van der Waals surface area contributed by atoms with Crippen LogP contribution in [0.25, 0.3) is 0 Å². The van der Waals surface area contributed by atoms with Crippen molar-refractivity contribution in [3.05, 3.63) is 17.0 Å². The van der Waals surface area contributed by atoms with Crippen molar-refractivity contribution >= 4 is 0 Å². The van der Waals surface area contributed by atoms with E-state index in [0.29, 0.717) is 0 Å². The van der Waals surface area contributed by atoms with Gasteiger partial charge in [-0.05, 0) is 38.2 Å².